The van der Waals surface area contributed by atoms with Crippen molar-refractivity contribution in [3.8, 4) is 5.75 Å². The minimum atomic E-state index is 0.0710. The van der Waals surface area contributed by atoms with Gasteiger partial charge in [0.25, 0.3) is 0 Å². The van der Waals surface area contributed by atoms with Gasteiger partial charge in [0.1, 0.15) is 11.6 Å². The Bertz CT molecular complexity index is 1310. The van der Waals surface area contributed by atoms with Crippen LogP contribution in [0, 0.1) is 20.8 Å². The van der Waals surface area contributed by atoms with Crippen molar-refractivity contribution in [1.29, 1.82) is 0 Å². The molecule has 188 valence electrons. The number of amides is 1. The molecule has 0 aliphatic rings. The highest BCUT2D eigenvalue weighted by atomic mass is 16.5. The number of carbonyl (C=O) groups is 1. The monoisotopic (exact) mass is 483 g/mol. The number of aromatic nitrogens is 2. The van der Waals surface area contributed by atoms with Gasteiger partial charge in [-0.25, -0.2) is 4.98 Å². The highest BCUT2D eigenvalue weighted by Gasteiger charge is 2.11. The van der Waals surface area contributed by atoms with E-state index in [0.29, 0.717) is 19.6 Å². The van der Waals surface area contributed by atoms with E-state index in [9.17, 15) is 4.79 Å². The smallest absolute Gasteiger partial charge is 0.224 e. The molecule has 0 saturated carbocycles. The first-order valence-corrected chi connectivity index (χ1v) is 13.0. The second kappa shape index (κ2) is 12.4. The molecule has 4 aromatic rings. The Morgan fingerprint density at radius 2 is 1.67 bits per heavy atom. The third-order valence-electron chi connectivity index (χ3n) is 6.83. The zero-order valence-electron chi connectivity index (χ0n) is 21.7. The number of ether oxygens (including phenoxy) is 1. The number of unbranched alkanes of at least 4 members (excludes halogenated alkanes) is 1. The van der Waals surface area contributed by atoms with E-state index in [0.717, 1.165) is 60.4 Å². The van der Waals surface area contributed by atoms with Crippen molar-refractivity contribution in [2.45, 2.75) is 59.4 Å². The van der Waals surface area contributed by atoms with Crippen LogP contribution < -0.4 is 10.1 Å². The molecule has 5 nitrogen and oxygen atoms in total. The fourth-order valence-corrected chi connectivity index (χ4v) is 4.52. The SMILES string of the molecule is Cc1ccccc1CC(=O)NCCCc1nc2ccccc2n1CCCCOc1cccc(C)c1C. The summed E-state index contributed by atoms with van der Waals surface area (Å²) in [6.07, 6.45) is 4.12. The predicted molar refractivity (Wildman–Crippen MR) is 147 cm³/mol. The summed E-state index contributed by atoms with van der Waals surface area (Å²) in [5.74, 6) is 2.13. The molecule has 0 saturated heterocycles. The van der Waals surface area contributed by atoms with Gasteiger partial charge in [-0.15, -0.1) is 0 Å². The maximum atomic E-state index is 12.4. The van der Waals surface area contributed by atoms with Crippen molar-refractivity contribution in [1.82, 2.24) is 14.9 Å². The maximum absolute atomic E-state index is 12.4. The molecule has 0 radical (unpaired) electrons. The van der Waals surface area contributed by atoms with Crippen LogP contribution in [0.15, 0.2) is 66.7 Å². The average Bonchev–Trinajstić information content (AvgIpc) is 3.23. The van der Waals surface area contributed by atoms with E-state index >= 15 is 0 Å². The summed E-state index contributed by atoms with van der Waals surface area (Å²) in [7, 11) is 0. The molecule has 3 aromatic carbocycles. The number of rotatable bonds is 12. The van der Waals surface area contributed by atoms with E-state index in [2.05, 4.69) is 48.0 Å². The van der Waals surface area contributed by atoms with Crippen LogP contribution in [0.3, 0.4) is 0 Å². The largest absolute Gasteiger partial charge is 0.493 e. The minimum absolute atomic E-state index is 0.0710. The van der Waals surface area contributed by atoms with E-state index in [1.54, 1.807) is 0 Å². The summed E-state index contributed by atoms with van der Waals surface area (Å²) < 4.78 is 8.38. The molecule has 4 rings (SSSR count). The summed E-state index contributed by atoms with van der Waals surface area (Å²) in [5, 5.41) is 3.07. The molecule has 0 atom stereocenters. The van der Waals surface area contributed by atoms with Crippen molar-refractivity contribution in [2.24, 2.45) is 0 Å². The third-order valence-corrected chi connectivity index (χ3v) is 6.83. The molecule has 5 heteroatoms. The van der Waals surface area contributed by atoms with Gasteiger partial charge in [0.05, 0.1) is 24.1 Å². The summed E-state index contributed by atoms with van der Waals surface area (Å²) in [5.41, 5.74) is 6.91. The first-order valence-electron chi connectivity index (χ1n) is 13.0. The molecule has 0 unspecified atom stereocenters. The second-order valence-corrected chi connectivity index (χ2v) is 9.48. The van der Waals surface area contributed by atoms with Crippen molar-refractivity contribution in [3.63, 3.8) is 0 Å². The number of aryl methyl sites for hydroxylation is 4. The molecule has 1 N–H and O–H groups in total. The second-order valence-electron chi connectivity index (χ2n) is 9.48. The first kappa shape index (κ1) is 25.5. The van der Waals surface area contributed by atoms with Crippen molar-refractivity contribution < 1.29 is 9.53 Å². The van der Waals surface area contributed by atoms with Crippen LogP contribution >= 0.6 is 0 Å². The van der Waals surface area contributed by atoms with Crippen molar-refractivity contribution in [3.05, 3.63) is 94.8 Å². The molecule has 0 aliphatic carbocycles. The van der Waals surface area contributed by atoms with Crippen molar-refractivity contribution >= 4 is 16.9 Å². The lowest BCUT2D eigenvalue weighted by Crippen LogP contribution is -2.26. The first-order chi connectivity index (χ1) is 17.5. The van der Waals surface area contributed by atoms with Gasteiger partial charge in [-0.05, 0) is 80.5 Å². The number of nitrogens with zero attached hydrogens (tertiary/aromatic N) is 2. The van der Waals surface area contributed by atoms with Crippen LogP contribution in [0.1, 0.15) is 47.3 Å². The Balaban J connectivity index is 1.27. The molecule has 1 heterocycles. The highest BCUT2D eigenvalue weighted by Crippen LogP contribution is 2.21. The van der Waals surface area contributed by atoms with Gasteiger partial charge >= 0.3 is 0 Å². The number of carbonyl (C=O) groups excluding carboxylic acids is 1. The predicted octanol–water partition coefficient (Wildman–Crippen LogP) is 6.11. The van der Waals surface area contributed by atoms with E-state index in [-0.39, 0.29) is 5.91 Å². The van der Waals surface area contributed by atoms with Crippen LogP contribution in [0.2, 0.25) is 0 Å². The number of para-hydroxylation sites is 2. The number of hydrogen-bond acceptors (Lipinski definition) is 3. The summed E-state index contributed by atoms with van der Waals surface area (Å²) in [6.45, 7) is 8.54. The lowest BCUT2D eigenvalue weighted by Gasteiger charge is -2.12. The van der Waals surface area contributed by atoms with Crippen LogP contribution in [0.4, 0.5) is 0 Å². The molecular weight excluding hydrogens is 446 g/mol. The summed E-state index contributed by atoms with van der Waals surface area (Å²) in [4.78, 5) is 17.3. The van der Waals surface area contributed by atoms with Crippen LogP contribution in [0.5, 0.6) is 5.75 Å². The number of benzene rings is 3. The topological polar surface area (TPSA) is 56.2 Å². The third kappa shape index (κ3) is 6.54. The van der Waals surface area contributed by atoms with Gasteiger partial charge in [-0.3, -0.25) is 4.79 Å². The fraction of sp³-hybridized carbons (Fsp3) is 0.355. The van der Waals surface area contributed by atoms with E-state index < -0.39 is 0 Å². The molecular formula is C31H37N3O2. The van der Waals surface area contributed by atoms with Crippen LogP contribution in [-0.4, -0.2) is 28.6 Å². The minimum Gasteiger partial charge on any atom is -0.493 e. The van der Waals surface area contributed by atoms with Gasteiger partial charge in [-0.1, -0.05) is 48.5 Å². The van der Waals surface area contributed by atoms with E-state index in [1.807, 2.05) is 49.4 Å². The lowest BCUT2D eigenvalue weighted by atomic mass is 10.1. The van der Waals surface area contributed by atoms with E-state index in [4.69, 9.17) is 9.72 Å². The van der Waals surface area contributed by atoms with Crippen LogP contribution in [-0.2, 0) is 24.2 Å². The number of hydrogen-bond donors (Lipinski definition) is 1. The Hall–Kier alpha value is -3.60. The van der Waals surface area contributed by atoms with Gasteiger partial charge < -0.3 is 14.6 Å². The van der Waals surface area contributed by atoms with Gasteiger partial charge in [0, 0.05) is 19.5 Å². The zero-order chi connectivity index (χ0) is 25.3. The molecule has 1 amide bonds. The molecule has 0 aliphatic heterocycles. The molecule has 0 spiro atoms. The Labute approximate surface area is 214 Å². The summed E-state index contributed by atoms with van der Waals surface area (Å²) >= 11 is 0. The number of fused-ring (bicyclic) bond motifs is 1. The fourth-order valence-electron chi connectivity index (χ4n) is 4.52. The van der Waals surface area contributed by atoms with Crippen LogP contribution in [0.25, 0.3) is 11.0 Å². The van der Waals surface area contributed by atoms with Gasteiger partial charge in [-0.2, -0.15) is 0 Å². The van der Waals surface area contributed by atoms with E-state index in [1.165, 1.54) is 16.6 Å². The standard InChI is InChI=1S/C31H37N3O2/c1-23-13-10-17-29(25(23)3)36-21-9-8-20-34-28-16-7-6-15-27(28)33-30(34)18-11-19-32-31(35)22-26-14-5-4-12-24(26)2/h4-7,10,12-17H,8-9,11,18-22H2,1-3H3,(H,32,35). The zero-order valence-corrected chi connectivity index (χ0v) is 21.7. The van der Waals surface area contributed by atoms with Gasteiger partial charge in [0.15, 0.2) is 0 Å². The molecule has 1 aromatic heterocycles. The number of imidazole rings is 1. The Morgan fingerprint density at radius 1 is 0.889 bits per heavy atom. The Kier molecular flexibility index (Phi) is 8.77. The normalized spacial score (nSPS) is 11.1. The molecule has 36 heavy (non-hydrogen) atoms. The van der Waals surface area contributed by atoms with Crippen molar-refractivity contribution in [2.75, 3.05) is 13.2 Å². The highest BCUT2D eigenvalue weighted by molar-refractivity contribution is 5.79. The quantitative estimate of drug-likeness (QED) is 0.247. The average molecular weight is 484 g/mol. The lowest BCUT2D eigenvalue weighted by molar-refractivity contribution is -0.120. The maximum Gasteiger partial charge on any atom is 0.224 e. The molecule has 0 bridgehead atoms. The summed E-state index contributed by atoms with van der Waals surface area (Å²) in [6, 6.07) is 22.6. The molecule has 0 fully saturated rings. The number of nitrogens with one attached hydrogen (secondary N) is 1. The Morgan fingerprint density at radius 3 is 2.53 bits per heavy atom. The van der Waals surface area contributed by atoms with Gasteiger partial charge in [0.2, 0.25) is 5.91 Å².